The summed E-state index contributed by atoms with van der Waals surface area (Å²) in [7, 11) is 1.50. The van der Waals surface area contributed by atoms with Crippen LogP contribution in [0, 0.1) is 5.82 Å². The van der Waals surface area contributed by atoms with E-state index in [-0.39, 0.29) is 11.9 Å². The lowest BCUT2D eigenvalue weighted by Gasteiger charge is -2.19. The van der Waals surface area contributed by atoms with E-state index >= 15 is 0 Å². The van der Waals surface area contributed by atoms with E-state index in [4.69, 9.17) is 15.2 Å². The largest absolute Gasteiger partial charge is 0.497 e. The van der Waals surface area contributed by atoms with Crippen molar-refractivity contribution in [2.45, 2.75) is 26.0 Å². The summed E-state index contributed by atoms with van der Waals surface area (Å²) < 4.78 is 24.9. The van der Waals surface area contributed by atoms with Crippen molar-refractivity contribution in [3.63, 3.8) is 0 Å². The third-order valence-electron chi connectivity index (χ3n) is 3.16. The molecule has 4 heteroatoms. The molecule has 2 N–H and O–H groups in total. The van der Waals surface area contributed by atoms with Crippen molar-refractivity contribution in [2.75, 3.05) is 7.11 Å². The number of ether oxygens (including phenoxy) is 2. The Kier molecular flexibility index (Phi) is 4.81. The summed E-state index contributed by atoms with van der Waals surface area (Å²) in [4.78, 5) is 0. The van der Waals surface area contributed by atoms with Gasteiger partial charge in [-0.2, -0.15) is 0 Å². The van der Waals surface area contributed by atoms with Crippen molar-refractivity contribution >= 4 is 0 Å². The summed E-state index contributed by atoms with van der Waals surface area (Å²) in [5.41, 5.74) is 7.40. The van der Waals surface area contributed by atoms with Crippen molar-refractivity contribution in [3.05, 3.63) is 59.4 Å². The molecule has 1 unspecified atom stereocenters. The summed E-state index contributed by atoms with van der Waals surface area (Å²) in [6.45, 7) is 3.88. The summed E-state index contributed by atoms with van der Waals surface area (Å²) in [6.07, 6.45) is 0.0269. The molecule has 0 heterocycles. The van der Waals surface area contributed by atoms with Crippen LogP contribution in [0.1, 0.15) is 31.0 Å². The molecule has 2 rings (SSSR count). The SMILES string of the molecule is COc1ccc(C(N)c2ccccc2OC(C)C)c(F)c1. The van der Waals surface area contributed by atoms with Crippen LogP contribution < -0.4 is 15.2 Å². The van der Waals surface area contributed by atoms with Crippen molar-refractivity contribution in [1.82, 2.24) is 0 Å². The van der Waals surface area contributed by atoms with Gasteiger partial charge in [0, 0.05) is 17.2 Å². The monoisotopic (exact) mass is 289 g/mol. The molecule has 2 aromatic carbocycles. The number of benzene rings is 2. The Balaban J connectivity index is 2.38. The number of nitrogens with two attached hydrogens (primary N) is 1. The van der Waals surface area contributed by atoms with Crippen LogP contribution in [-0.2, 0) is 0 Å². The topological polar surface area (TPSA) is 44.5 Å². The van der Waals surface area contributed by atoms with E-state index in [0.717, 1.165) is 5.56 Å². The first-order valence-electron chi connectivity index (χ1n) is 6.87. The zero-order chi connectivity index (χ0) is 15.4. The standard InChI is InChI=1S/C17H20FNO2/c1-11(2)21-16-7-5-4-6-14(16)17(19)13-9-8-12(20-3)10-15(13)18/h4-11,17H,19H2,1-3H3. The molecule has 0 aliphatic carbocycles. The smallest absolute Gasteiger partial charge is 0.132 e. The van der Waals surface area contributed by atoms with Gasteiger partial charge >= 0.3 is 0 Å². The Morgan fingerprint density at radius 1 is 1.05 bits per heavy atom. The lowest BCUT2D eigenvalue weighted by atomic mass is 9.98. The molecule has 0 aliphatic rings. The van der Waals surface area contributed by atoms with Crippen molar-refractivity contribution in [3.8, 4) is 11.5 Å². The highest BCUT2D eigenvalue weighted by atomic mass is 19.1. The number of hydrogen-bond donors (Lipinski definition) is 1. The highest BCUT2D eigenvalue weighted by Crippen LogP contribution is 2.31. The molecule has 0 amide bonds. The minimum atomic E-state index is -0.592. The Labute approximate surface area is 124 Å². The maximum absolute atomic E-state index is 14.2. The molecule has 0 saturated carbocycles. The molecule has 1 atom stereocenters. The van der Waals surface area contributed by atoms with Crippen molar-refractivity contribution in [1.29, 1.82) is 0 Å². The van der Waals surface area contributed by atoms with Crippen LogP contribution >= 0.6 is 0 Å². The first-order valence-corrected chi connectivity index (χ1v) is 6.87. The van der Waals surface area contributed by atoms with Gasteiger partial charge in [0.2, 0.25) is 0 Å². The zero-order valence-corrected chi connectivity index (χ0v) is 12.5. The average Bonchev–Trinajstić information content (AvgIpc) is 2.46. The van der Waals surface area contributed by atoms with E-state index in [1.165, 1.54) is 13.2 Å². The van der Waals surface area contributed by atoms with Crippen LogP contribution in [-0.4, -0.2) is 13.2 Å². The van der Waals surface area contributed by atoms with Gasteiger partial charge in [-0.1, -0.05) is 24.3 Å². The highest BCUT2D eigenvalue weighted by molar-refractivity contribution is 5.43. The van der Waals surface area contributed by atoms with Crippen LogP contribution in [0.4, 0.5) is 4.39 Å². The molecule has 0 radical (unpaired) electrons. The van der Waals surface area contributed by atoms with E-state index in [2.05, 4.69) is 0 Å². The third kappa shape index (κ3) is 3.52. The van der Waals surface area contributed by atoms with Gasteiger partial charge in [-0.05, 0) is 26.0 Å². The van der Waals surface area contributed by atoms with Crippen molar-refractivity contribution in [2.24, 2.45) is 5.73 Å². The fraction of sp³-hybridized carbons (Fsp3) is 0.294. The molecule has 0 fully saturated rings. The maximum Gasteiger partial charge on any atom is 0.132 e. The molecular formula is C17H20FNO2. The number of para-hydroxylation sites is 1. The average molecular weight is 289 g/mol. The van der Waals surface area contributed by atoms with Gasteiger partial charge in [0.1, 0.15) is 17.3 Å². The van der Waals surface area contributed by atoms with Gasteiger partial charge in [0.15, 0.2) is 0 Å². The minimum Gasteiger partial charge on any atom is -0.497 e. The maximum atomic E-state index is 14.2. The fourth-order valence-corrected chi connectivity index (χ4v) is 2.15. The first kappa shape index (κ1) is 15.3. The number of hydrogen-bond acceptors (Lipinski definition) is 3. The van der Waals surface area contributed by atoms with E-state index in [1.54, 1.807) is 12.1 Å². The summed E-state index contributed by atoms with van der Waals surface area (Å²) in [5.74, 6) is 0.756. The third-order valence-corrected chi connectivity index (χ3v) is 3.16. The predicted molar refractivity (Wildman–Crippen MR) is 81.2 cm³/mol. The van der Waals surface area contributed by atoms with Gasteiger partial charge in [0.05, 0.1) is 19.3 Å². The molecule has 112 valence electrons. The van der Waals surface area contributed by atoms with Crippen LogP contribution in [0.5, 0.6) is 11.5 Å². The zero-order valence-electron chi connectivity index (χ0n) is 12.5. The molecule has 0 spiro atoms. The van der Waals surface area contributed by atoms with E-state index in [1.807, 2.05) is 38.1 Å². The number of halogens is 1. The minimum absolute atomic E-state index is 0.0269. The molecule has 21 heavy (non-hydrogen) atoms. The van der Waals surface area contributed by atoms with Crippen LogP contribution in [0.2, 0.25) is 0 Å². The van der Waals surface area contributed by atoms with Crippen LogP contribution in [0.15, 0.2) is 42.5 Å². The fourth-order valence-electron chi connectivity index (χ4n) is 2.15. The summed E-state index contributed by atoms with van der Waals surface area (Å²) in [6, 6.07) is 11.5. The molecule has 0 bridgehead atoms. The van der Waals surface area contributed by atoms with Gasteiger partial charge < -0.3 is 15.2 Å². The molecule has 2 aromatic rings. The van der Waals surface area contributed by atoms with Gasteiger partial charge in [0.25, 0.3) is 0 Å². The number of methoxy groups -OCH3 is 1. The van der Waals surface area contributed by atoms with E-state index in [9.17, 15) is 4.39 Å². The normalized spacial score (nSPS) is 12.3. The number of rotatable bonds is 5. The van der Waals surface area contributed by atoms with Crippen LogP contribution in [0.3, 0.4) is 0 Å². The Hall–Kier alpha value is -2.07. The van der Waals surface area contributed by atoms with Gasteiger partial charge in [-0.25, -0.2) is 4.39 Å². The summed E-state index contributed by atoms with van der Waals surface area (Å²) in [5, 5.41) is 0. The molecule has 0 aliphatic heterocycles. The molecule has 0 aromatic heterocycles. The van der Waals surface area contributed by atoms with Crippen LogP contribution in [0.25, 0.3) is 0 Å². The Morgan fingerprint density at radius 2 is 1.76 bits per heavy atom. The second-order valence-electron chi connectivity index (χ2n) is 5.07. The lowest BCUT2D eigenvalue weighted by molar-refractivity contribution is 0.239. The van der Waals surface area contributed by atoms with E-state index < -0.39 is 6.04 Å². The quantitative estimate of drug-likeness (QED) is 0.913. The molecule has 3 nitrogen and oxygen atoms in total. The van der Waals surface area contributed by atoms with Gasteiger partial charge in [-0.15, -0.1) is 0 Å². The Bertz CT molecular complexity index is 613. The lowest BCUT2D eigenvalue weighted by Crippen LogP contribution is -2.16. The highest BCUT2D eigenvalue weighted by Gasteiger charge is 2.18. The first-order chi connectivity index (χ1) is 10.0. The predicted octanol–water partition coefficient (Wildman–Crippen LogP) is 3.67. The van der Waals surface area contributed by atoms with Gasteiger partial charge in [-0.3, -0.25) is 0 Å². The molecular weight excluding hydrogens is 269 g/mol. The second-order valence-corrected chi connectivity index (χ2v) is 5.07. The molecule has 0 saturated heterocycles. The van der Waals surface area contributed by atoms with Crippen molar-refractivity contribution < 1.29 is 13.9 Å². The summed E-state index contributed by atoms with van der Waals surface area (Å²) >= 11 is 0. The second kappa shape index (κ2) is 6.59. The van der Waals surface area contributed by atoms with E-state index in [0.29, 0.717) is 17.1 Å². The Morgan fingerprint density at radius 3 is 2.38 bits per heavy atom.